The van der Waals surface area contributed by atoms with Crippen LogP contribution in [0.5, 0.6) is 0 Å². The number of halogens is 2. The first kappa shape index (κ1) is 10.1. The lowest BCUT2D eigenvalue weighted by atomic mass is 10.3. The fourth-order valence-electron chi connectivity index (χ4n) is 1.32. The second-order valence-corrected chi connectivity index (χ2v) is 3.38. The molecule has 0 spiro atoms. The van der Waals surface area contributed by atoms with E-state index in [2.05, 4.69) is 10.1 Å². The third-order valence-electron chi connectivity index (χ3n) is 2.01. The minimum Gasteiger partial charge on any atom is -0.220 e. The van der Waals surface area contributed by atoms with Crippen molar-refractivity contribution < 1.29 is 4.39 Å². The van der Waals surface area contributed by atoms with Crippen LogP contribution in [0.2, 0.25) is 0 Å². The van der Waals surface area contributed by atoms with Crippen LogP contribution in [0.25, 0.3) is 5.69 Å². The molecule has 0 radical (unpaired) electrons. The number of aryl methyl sites for hydroxylation is 1. The molecular formula is C10H9ClFN3. The molecule has 0 saturated carbocycles. The molecule has 0 saturated heterocycles. The number of rotatable bonds is 3. The highest BCUT2D eigenvalue weighted by atomic mass is 35.5. The molecule has 0 aliphatic heterocycles. The summed E-state index contributed by atoms with van der Waals surface area (Å²) in [6, 6.07) is 6.09. The van der Waals surface area contributed by atoms with Gasteiger partial charge in [0, 0.05) is 12.3 Å². The first-order valence-corrected chi connectivity index (χ1v) is 5.05. The summed E-state index contributed by atoms with van der Waals surface area (Å²) in [5, 5.41) is 4.06. The molecule has 0 N–H and O–H groups in total. The van der Waals surface area contributed by atoms with Crippen molar-refractivity contribution >= 4 is 11.6 Å². The van der Waals surface area contributed by atoms with Gasteiger partial charge in [-0.15, -0.1) is 11.6 Å². The second kappa shape index (κ2) is 4.40. The van der Waals surface area contributed by atoms with Crippen molar-refractivity contribution in [2.45, 2.75) is 6.42 Å². The van der Waals surface area contributed by atoms with Crippen LogP contribution in [0.3, 0.4) is 0 Å². The normalized spacial score (nSPS) is 10.5. The van der Waals surface area contributed by atoms with Gasteiger partial charge in [-0.25, -0.2) is 14.1 Å². The molecule has 78 valence electrons. The summed E-state index contributed by atoms with van der Waals surface area (Å²) in [5.74, 6) is 0.995. The van der Waals surface area contributed by atoms with E-state index >= 15 is 0 Å². The lowest BCUT2D eigenvalue weighted by molar-refractivity contribution is 0.626. The van der Waals surface area contributed by atoms with E-state index < -0.39 is 0 Å². The standard InChI is InChI=1S/C10H9ClFN3/c11-6-5-10-13-7-14-15(10)9-3-1-8(12)2-4-9/h1-4,7H,5-6H2. The van der Waals surface area contributed by atoms with Gasteiger partial charge in [-0.2, -0.15) is 5.10 Å². The average Bonchev–Trinajstić information content (AvgIpc) is 2.68. The Balaban J connectivity index is 2.36. The van der Waals surface area contributed by atoms with E-state index in [-0.39, 0.29) is 5.82 Å². The van der Waals surface area contributed by atoms with Gasteiger partial charge in [0.1, 0.15) is 18.0 Å². The molecule has 3 nitrogen and oxygen atoms in total. The fraction of sp³-hybridized carbons (Fsp3) is 0.200. The molecule has 0 atom stereocenters. The van der Waals surface area contributed by atoms with Crippen LogP contribution in [-0.4, -0.2) is 20.6 Å². The largest absolute Gasteiger partial charge is 0.220 e. The third kappa shape index (κ3) is 2.15. The summed E-state index contributed by atoms with van der Waals surface area (Å²) >= 11 is 5.64. The molecular weight excluding hydrogens is 217 g/mol. The van der Waals surface area contributed by atoms with Crippen LogP contribution in [-0.2, 0) is 6.42 Å². The van der Waals surface area contributed by atoms with E-state index in [9.17, 15) is 4.39 Å². The minimum atomic E-state index is -0.266. The Morgan fingerprint density at radius 2 is 2.00 bits per heavy atom. The summed E-state index contributed by atoms with van der Waals surface area (Å²) in [7, 11) is 0. The van der Waals surface area contributed by atoms with Crippen LogP contribution in [0.4, 0.5) is 4.39 Å². The van der Waals surface area contributed by atoms with E-state index in [1.807, 2.05) is 0 Å². The molecule has 0 bridgehead atoms. The lowest BCUT2D eigenvalue weighted by Gasteiger charge is -2.04. The molecule has 15 heavy (non-hydrogen) atoms. The quantitative estimate of drug-likeness (QED) is 0.750. The Hall–Kier alpha value is -1.42. The summed E-state index contributed by atoms with van der Waals surface area (Å²) < 4.78 is 14.4. The Labute approximate surface area is 91.5 Å². The van der Waals surface area contributed by atoms with Gasteiger partial charge in [0.25, 0.3) is 0 Å². The van der Waals surface area contributed by atoms with Crippen molar-refractivity contribution in [3.63, 3.8) is 0 Å². The van der Waals surface area contributed by atoms with Crippen molar-refractivity contribution in [1.82, 2.24) is 14.8 Å². The van der Waals surface area contributed by atoms with Gasteiger partial charge < -0.3 is 0 Å². The summed E-state index contributed by atoms with van der Waals surface area (Å²) in [6.45, 7) is 0. The third-order valence-corrected chi connectivity index (χ3v) is 2.20. The molecule has 2 aromatic rings. The number of hydrogen-bond donors (Lipinski definition) is 0. The molecule has 0 amide bonds. The highest BCUT2D eigenvalue weighted by molar-refractivity contribution is 6.17. The van der Waals surface area contributed by atoms with E-state index in [4.69, 9.17) is 11.6 Å². The molecule has 1 aromatic carbocycles. The number of aromatic nitrogens is 3. The van der Waals surface area contributed by atoms with Crippen LogP contribution in [0.1, 0.15) is 5.82 Å². The van der Waals surface area contributed by atoms with Gasteiger partial charge in [0.15, 0.2) is 0 Å². The molecule has 2 rings (SSSR count). The van der Waals surface area contributed by atoms with Gasteiger partial charge in [0.05, 0.1) is 5.69 Å². The number of nitrogens with zero attached hydrogens (tertiary/aromatic N) is 3. The van der Waals surface area contributed by atoms with Crippen LogP contribution in [0, 0.1) is 5.82 Å². The molecule has 0 unspecified atom stereocenters. The molecule has 0 aliphatic carbocycles. The summed E-state index contributed by atoms with van der Waals surface area (Å²) in [6.07, 6.45) is 2.10. The Bertz CT molecular complexity index is 438. The van der Waals surface area contributed by atoms with Crippen molar-refractivity contribution in [1.29, 1.82) is 0 Å². The van der Waals surface area contributed by atoms with E-state index in [0.29, 0.717) is 12.3 Å². The first-order valence-electron chi connectivity index (χ1n) is 4.52. The zero-order chi connectivity index (χ0) is 10.7. The Morgan fingerprint density at radius 3 is 2.67 bits per heavy atom. The molecule has 0 fully saturated rings. The number of alkyl halides is 1. The molecule has 5 heteroatoms. The highest BCUT2D eigenvalue weighted by Gasteiger charge is 2.05. The topological polar surface area (TPSA) is 30.7 Å². The summed E-state index contributed by atoms with van der Waals surface area (Å²) in [4.78, 5) is 4.08. The fourth-order valence-corrected chi connectivity index (χ4v) is 1.49. The maximum absolute atomic E-state index is 12.7. The summed E-state index contributed by atoms with van der Waals surface area (Å²) in [5.41, 5.74) is 0.786. The van der Waals surface area contributed by atoms with Crippen LogP contribution >= 0.6 is 11.6 Å². The Morgan fingerprint density at radius 1 is 1.27 bits per heavy atom. The van der Waals surface area contributed by atoms with Gasteiger partial charge in [0.2, 0.25) is 0 Å². The van der Waals surface area contributed by atoms with Crippen LogP contribution in [0.15, 0.2) is 30.6 Å². The number of benzene rings is 1. The predicted octanol–water partition coefficient (Wildman–Crippen LogP) is 2.19. The minimum absolute atomic E-state index is 0.266. The van der Waals surface area contributed by atoms with Crippen LogP contribution < -0.4 is 0 Å². The molecule has 1 aromatic heterocycles. The smallest absolute Gasteiger partial charge is 0.138 e. The van der Waals surface area contributed by atoms with E-state index in [0.717, 1.165) is 11.5 Å². The zero-order valence-corrected chi connectivity index (χ0v) is 8.65. The monoisotopic (exact) mass is 225 g/mol. The van der Waals surface area contributed by atoms with Gasteiger partial charge in [-0.1, -0.05) is 0 Å². The van der Waals surface area contributed by atoms with Crippen molar-refractivity contribution in [3.05, 3.63) is 42.2 Å². The highest BCUT2D eigenvalue weighted by Crippen LogP contribution is 2.10. The first-order chi connectivity index (χ1) is 7.31. The second-order valence-electron chi connectivity index (χ2n) is 3.00. The zero-order valence-electron chi connectivity index (χ0n) is 7.90. The maximum atomic E-state index is 12.7. The van der Waals surface area contributed by atoms with Crippen molar-refractivity contribution in [2.24, 2.45) is 0 Å². The number of hydrogen-bond acceptors (Lipinski definition) is 2. The van der Waals surface area contributed by atoms with Gasteiger partial charge in [-0.05, 0) is 24.3 Å². The Kier molecular flexibility index (Phi) is 2.97. The van der Waals surface area contributed by atoms with Crippen molar-refractivity contribution in [2.75, 3.05) is 5.88 Å². The molecule has 0 aliphatic rings. The van der Waals surface area contributed by atoms with E-state index in [1.165, 1.54) is 18.5 Å². The lowest BCUT2D eigenvalue weighted by Crippen LogP contribution is -2.03. The average molecular weight is 226 g/mol. The van der Waals surface area contributed by atoms with Gasteiger partial charge >= 0.3 is 0 Å². The SMILES string of the molecule is Fc1ccc(-n2ncnc2CCCl)cc1. The van der Waals surface area contributed by atoms with Crippen molar-refractivity contribution in [3.8, 4) is 5.69 Å². The van der Waals surface area contributed by atoms with Gasteiger partial charge in [-0.3, -0.25) is 0 Å². The maximum Gasteiger partial charge on any atom is 0.138 e. The molecule has 1 heterocycles. The van der Waals surface area contributed by atoms with E-state index in [1.54, 1.807) is 16.8 Å². The predicted molar refractivity (Wildman–Crippen MR) is 55.7 cm³/mol.